The minimum atomic E-state index is -0.214. The fourth-order valence-electron chi connectivity index (χ4n) is 4.12. The maximum absolute atomic E-state index is 12.8. The third kappa shape index (κ3) is 2.79. The molecule has 2 aliphatic carbocycles. The Morgan fingerprint density at radius 3 is 2.39 bits per heavy atom. The van der Waals surface area contributed by atoms with E-state index in [1.165, 1.54) is 0 Å². The lowest BCUT2D eigenvalue weighted by molar-refractivity contribution is -0.131. The number of carbonyl (C=O) groups excluding carboxylic acids is 3. The van der Waals surface area contributed by atoms with E-state index in [9.17, 15) is 14.4 Å². The van der Waals surface area contributed by atoms with Crippen molar-refractivity contribution in [1.82, 2.24) is 4.90 Å². The average molecular weight is 315 g/mol. The number of amides is 1. The van der Waals surface area contributed by atoms with E-state index in [4.69, 9.17) is 0 Å². The van der Waals surface area contributed by atoms with Gasteiger partial charge in [0.15, 0.2) is 5.78 Å². The second kappa shape index (κ2) is 6.06. The maximum atomic E-state index is 12.8. The molecule has 0 bridgehead atoms. The van der Waals surface area contributed by atoms with Crippen LogP contribution in [0.2, 0.25) is 0 Å². The molecular formula is C19H25NO3. The summed E-state index contributed by atoms with van der Waals surface area (Å²) in [5.74, 6) is 0.699. The highest BCUT2D eigenvalue weighted by molar-refractivity contribution is 6.00. The molecule has 0 N–H and O–H groups in total. The minimum Gasteiger partial charge on any atom is -0.314 e. The van der Waals surface area contributed by atoms with Crippen molar-refractivity contribution < 1.29 is 14.4 Å². The molecule has 1 saturated carbocycles. The van der Waals surface area contributed by atoms with E-state index in [1.54, 1.807) is 6.08 Å². The van der Waals surface area contributed by atoms with Gasteiger partial charge in [-0.2, -0.15) is 0 Å². The van der Waals surface area contributed by atoms with Crippen molar-refractivity contribution in [1.29, 1.82) is 0 Å². The van der Waals surface area contributed by atoms with Crippen LogP contribution in [0.5, 0.6) is 0 Å². The summed E-state index contributed by atoms with van der Waals surface area (Å²) in [5, 5.41) is 0. The van der Waals surface area contributed by atoms with E-state index < -0.39 is 0 Å². The minimum absolute atomic E-state index is 0.101. The Labute approximate surface area is 137 Å². The molecular weight excluding hydrogens is 290 g/mol. The first-order valence-corrected chi connectivity index (χ1v) is 8.69. The fraction of sp³-hybridized carbons (Fsp3) is 0.632. The molecule has 3 rings (SSSR count). The Kier molecular flexibility index (Phi) is 4.26. The van der Waals surface area contributed by atoms with E-state index in [1.807, 2.05) is 31.7 Å². The number of ketones is 2. The highest BCUT2D eigenvalue weighted by atomic mass is 16.2. The summed E-state index contributed by atoms with van der Waals surface area (Å²) in [5.41, 5.74) is 1.95. The van der Waals surface area contributed by atoms with Crippen LogP contribution < -0.4 is 0 Å². The molecule has 0 spiro atoms. The Bertz CT molecular complexity index is 604. The summed E-state index contributed by atoms with van der Waals surface area (Å²) in [6.45, 7) is 6.66. The lowest BCUT2D eigenvalue weighted by Gasteiger charge is -2.33. The van der Waals surface area contributed by atoms with Crippen molar-refractivity contribution in [2.75, 3.05) is 6.54 Å². The van der Waals surface area contributed by atoms with Gasteiger partial charge in [0.1, 0.15) is 5.78 Å². The van der Waals surface area contributed by atoms with Crippen LogP contribution in [0.15, 0.2) is 23.4 Å². The van der Waals surface area contributed by atoms with Crippen molar-refractivity contribution >= 4 is 17.5 Å². The zero-order valence-electron chi connectivity index (χ0n) is 14.2. The largest absolute Gasteiger partial charge is 0.314 e. The predicted octanol–water partition coefficient (Wildman–Crippen LogP) is 2.89. The molecule has 2 unspecified atom stereocenters. The van der Waals surface area contributed by atoms with Gasteiger partial charge < -0.3 is 4.90 Å². The molecule has 3 aliphatic rings. The number of allylic oxidation sites excluding steroid dienone is 3. The summed E-state index contributed by atoms with van der Waals surface area (Å²) < 4.78 is 0. The summed E-state index contributed by atoms with van der Waals surface area (Å²) >= 11 is 0. The number of Topliss-reactive ketones (excluding diaryl/α,β-unsaturated/α-hetero) is 1. The molecule has 23 heavy (non-hydrogen) atoms. The molecule has 1 aliphatic heterocycles. The average Bonchev–Trinajstić information content (AvgIpc) is 2.74. The molecule has 1 amide bonds. The SMILES string of the molecule is CC1C(=O)N(CC2CCC(=O)CC2)C2=C1C=CC(=O)C2C(C)C. The van der Waals surface area contributed by atoms with Crippen LogP contribution >= 0.6 is 0 Å². The van der Waals surface area contributed by atoms with Gasteiger partial charge in [0.25, 0.3) is 0 Å². The van der Waals surface area contributed by atoms with Crippen LogP contribution in [0, 0.1) is 23.7 Å². The third-order valence-corrected chi connectivity index (χ3v) is 5.49. The van der Waals surface area contributed by atoms with Crippen molar-refractivity contribution in [2.24, 2.45) is 23.7 Å². The van der Waals surface area contributed by atoms with Crippen LogP contribution in [0.4, 0.5) is 0 Å². The van der Waals surface area contributed by atoms with Crippen LogP contribution in [0.1, 0.15) is 46.5 Å². The topological polar surface area (TPSA) is 54.5 Å². The first-order valence-electron chi connectivity index (χ1n) is 8.69. The van der Waals surface area contributed by atoms with Crippen LogP contribution in [0.25, 0.3) is 0 Å². The first kappa shape index (κ1) is 16.2. The van der Waals surface area contributed by atoms with Crippen LogP contribution in [-0.2, 0) is 14.4 Å². The standard InChI is InChI=1S/C19H25NO3/c1-11(2)17-16(22)9-8-15-12(3)19(23)20(18(15)17)10-13-4-6-14(21)7-5-13/h8-9,11-13,17H,4-7,10H2,1-3H3. The molecule has 124 valence electrons. The molecule has 1 fully saturated rings. The number of hydrogen-bond donors (Lipinski definition) is 0. The van der Waals surface area contributed by atoms with Gasteiger partial charge >= 0.3 is 0 Å². The van der Waals surface area contributed by atoms with E-state index in [0.717, 1.165) is 24.1 Å². The zero-order valence-corrected chi connectivity index (χ0v) is 14.2. The molecule has 2 atom stereocenters. The normalized spacial score (nSPS) is 29.0. The van der Waals surface area contributed by atoms with E-state index in [2.05, 4.69) is 0 Å². The molecule has 1 heterocycles. The lowest BCUT2D eigenvalue weighted by Crippen LogP contribution is -2.38. The molecule has 0 aromatic carbocycles. The van der Waals surface area contributed by atoms with Gasteiger partial charge in [-0.1, -0.05) is 19.9 Å². The van der Waals surface area contributed by atoms with Gasteiger partial charge in [0.2, 0.25) is 5.91 Å². The first-order chi connectivity index (χ1) is 10.9. The number of nitrogens with zero attached hydrogens (tertiary/aromatic N) is 1. The molecule has 0 saturated heterocycles. The third-order valence-electron chi connectivity index (χ3n) is 5.49. The van der Waals surface area contributed by atoms with Crippen LogP contribution in [0.3, 0.4) is 0 Å². The highest BCUT2D eigenvalue weighted by Gasteiger charge is 2.44. The summed E-state index contributed by atoms with van der Waals surface area (Å²) in [7, 11) is 0. The van der Waals surface area contributed by atoms with E-state index in [0.29, 0.717) is 31.1 Å². The molecule has 4 nitrogen and oxygen atoms in total. The quantitative estimate of drug-likeness (QED) is 0.804. The lowest BCUT2D eigenvalue weighted by atomic mass is 9.81. The second-order valence-electron chi connectivity index (χ2n) is 7.45. The summed E-state index contributed by atoms with van der Waals surface area (Å²) in [4.78, 5) is 38.4. The summed E-state index contributed by atoms with van der Waals surface area (Å²) in [6, 6.07) is 0. The predicted molar refractivity (Wildman–Crippen MR) is 87.3 cm³/mol. The van der Waals surface area contributed by atoms with Gasteiger partial charge in [0.05, 0.1) is 11.8 Å². The van der Waals surface area contributed by atoms with Crippen molar-refractivity contribution in [3.8, 4) is 0 Å². The second-order valence-corrected chi connectivity index (χ2v) is 7.45. The van der Waals surface area contributed by atoms with Gasteiger partial charge in [-0.3, -0.25) is 14.4 Å². The maximum Gasteiger partial charge on any atom is 0.234 e. The number of rotatable bonds is 3. The van der Waals surface area contributed by atoms with Gasteiger partial charge in [-0.15, -0.1) is 0 Å². The number of hydrogen-bond acceptors (Lipinski definition) is 3. The molecule has 4 heteroatoms. The Balaban J connectivity index is 1.88. The summed E-state index contributed by atoms with van der Waals surface area (Å²) in [6.07, 6.45) is 6.44. The van der Waals surface area contributed by atoms with E-state index in [-0.39, 0.29) is 29.4 Å². The Hall–Kier alpha value is -1.71. The van der Waals surface area contributed by atoms with Gasteiger partial charge in [0, 0.05) is 25.1 Å². The monoisotopic (exact) mass is 315 g/mol. The highest BCUT2D eigenvalue weighted by Crippen LogP contribution is 2.41. The van der Waals surface area contributed by atoms with Crippen molar-refractivity contribution in [3.05, 3.63) is 23.4 Å². The van der Waals surface area contributed by atoms with E-state index >= 15 is 0 Å². The Morgan fingerprint density at radius 2 is 1.78 bits per heavy atom. The van der Waals surface area contributed by atoms with Crippen LogP contribution in [-0.4, -0.2) is 28.9 Å². The fourth-order valence-corrected chi connectivity index (χ4v) is 4.12. The zero-order chi connectivity index (χ0) is 16.7. The van der Waals surface area contributed by atoms with Crippen molar-refractivity contribution in [2.45, 2.75) is 46.5 Å². The van der Waals surface area contributed by atoms with Gasteiger partial charge in [-0.25, -0.2) is 0 Å². The smallest absolute Gasteiger partial charge is 0.234 e. The Morgan fingerprint density at radius 1 is 1.13 bits per heavy atom. The molecule has 0 aromatic heterocycles. The molecule has 0 radical (unpaired) electrons. The van der Waals surface area contributed by atoms with Gasteiger partial charge in [-0.05, 0) is 43.3 Å². The van der Waals surface area contributed by atoms with Crippen molar-refractivity contribution in [3.63, 3.8) is 0 Å². The number of carbonyl (C=O) groups is 3. The molecule has 0 aromatic rings.